The Morgan fingerprint density at radius 3 is 2.37 bits per heavy atom. The Labute approximate surface area is 127 Å². The van der Waals surface area contributed by atoms with Crippen molar-refractivity contribution in [2.75, 3.05) is 5.75 Å². The Kier molecular flexibility index (Phi) is 5.44. The molecule has 2 aromatic carbocycles. The molecule has 0 unspecified atom stereocenters. The lowest BCUT2D eigenvalue weighted by atomic mass is 10.3. The Morgan fingerprint density at radius 1 is 1.00 bits per heavy atom. The monoisotopic (exact) mass is 312 g/mol. The van der Waals surface area contributed by atoms with E-state index in [1.807, 2.05) is 30.3 Å². The van der Waals surface area contributed by atoms with Crippen molar-refractivity contribution >= 4 is 35.0 Å². The molecular formula is C15H14Cl2OS. The highest BCUT2D eigenvalue weighted by atomic mass is 35.5. The fourth-order valence-electron chi connectivity index (χ4n) is 1.51. The minimum atomic E-state index is 0.697. The fourth-order valence-corrected chi connectivity index (χ4v) is 2.75. The third-order valence-corrected chi connectivity index (χ3v) is 4.37. The molecule has 0 saturated heterocycles. The molecule has 0 aliphatic rings. The predicted octanol–water partition coefficient (Wildman–Crippen LogP) is 6.29. The van der Waals surface area contributed by atoms with Crippen LogP contribution in [0.1, 0.15) is 13.3 Å². The zero-order chi connectivity index (χ0) is 13.7. The van der Waals surface area contributed by atoms with Gasteiger partial charge in [0, 0.05) is 9.92 Å². The van der Waals surface area contributed by atoms with Crippen molar-refractivity contribution in [3.63, 3.8) is 0 Å². The van der Waals surface area contributed by atoms with Crippen LogP contribution >= 0.6 is 35.0 Å². The van der Waals surface area contributed by atoms with Gasteiger partial charge in [-0.1, -0.05) is 30.1 Å². The average Bonchev–Trinajstić information content (AvgIpc) is 2.42. The van der Waals surface area contributed by atoms with Crippen LogP contribution in [0.4, 0.5) is 0 Å². The second-order valence-corrected chi connectivity index (χ2v) is 5.98. The standard InChI is InChI=1S/C15H14Cl2OS/c1-2-9-19-15-10-13(7-8-14(15)17)18-12-5-3-11(16)4-6-12/h3-8,10H,2,9H2,1H3. The molecule has 0 radical (unpaired) electrons. The number of hydrogen-bond donors (Lipinski definition) is 0. The second-order valence-electron chi connectivity index (χ2n) is 4.00. The first-order chi connectivity index (χ1) is 9.19. The van der Waals surface area contributed by atoms with Crippen LogP contribution in [0.3, 0.4) is 0 Å². The van der Waals surface area contributed by atoms with Gasteiger partial charge in [0.25, 0.3) is 0 Å². The van der Waals surface area contributed by atoms with E-state index in [2.05, 4.69) is 6.92 Å². The minimum Gasteiger partial charge on any atom is -0.457 e. The minimum absolute atomic E-state index is 0.697. The first-order valence-electron chi connectivity index (χ1n) is 6.05. The third-order valence-electron chi connectivity index (χ3n) is 2.41. The number of rotatable bonds is 5. The van der Waals surface area contributed by atoms with Crippen LogP contribution in [0, 0.1) is 0 Å². The molecule has 0 aliphatic carbocycles. The molecule has 0 atom stereocenters. The van der Waals surface area contributed by atoms with E-state index < -0.39 is 0 Å². The van der Waals surface area contributed by atoms with Gasteiger partial charge < -0.3 is 4.74 Å². The van der Waals surface area contributed by atoms with Gasteiger partial charge in [0.1, 0.15) is 11.5 Å². The maximum Gasteiger partial charge on any atom is 0.128 e. The molecule has 4 heteroatoms. The quantitative estimate of drug-likeness (QED) is 0.600. The molecule has 0 spiro atoms. The van der Waals surface area contributed by atoms with Gasteiger partial charge in [-0.25, -0.2) is 0 Å². The summed E-state index contributed by atoms with van der Waals surface area (Å²) in [6.07, 6.45) is 1.11. The summed E-state index contributed by atoms with van der Waals surface area (Å²) < 4.78 is 5.78. The van der Waals surface area contributed by atoms with E-state index in [4.69, 9.17) is 27.9 Å². The average molecular weight is 313 g/mol. The van der Waals surface area contributed by atoms with Crippen LogP contribution in [0.2, 0.25) is 10.0 Å². The van der Waals surface area contributed by atoms with Gasteiger partial charge in [-0.3, -0.25) is 0 Å². The summed E-state index contributed by atoms with van der Waals surface area (Å²) in [5, 5.41) is 1.46. The lowest BCUT2D eigenvalue weighted by Crippen LogP contribution is -1.85. The van der Waals surface area contributed by atoms with E-state index in [1.165, 1.54) is 0 Å². The van der Waals surface area contributed by atoms with Crippen LogP contribution in [-0.2, 0) is 0 Å². The maximum absolute atomic E-state index is 6.16. The lowest BCUT2D eigenvalue weighted by molar-refractivity contribution is 0.481. The summed E-state index contributed by atoms with van der Waals surface area (Å²) in [6, 6.07) is 13.0. The van der Waals surface area contributed by atoms with Gasteiger partial charge in [-0.15, -0.1) is 11.8 Å². The van der Waals surface area contributed by atoms with Gasteiger partial charge in [-0.05, 0) is 54.6 Å². The molecule has 0 bridgehead atoms. The van der Waals surface area contributed by atoms with Gasteiger partial charge >= 0.3 is 0 Å². The molecule has 0 amide bonds. The highest BCUT2D eigenvalue weighted by molar-refractivity contribution is 7.99. The molecule has 0 aromatic heterocycles. The Balaban J connectivity index is 2.14. The first-order valence-corrected chi connectivity index (χ1v) is 7.79. The Bertz CT molecular complexity index is 540. The number of ether oxygens (including phenoxy) is 1. The molecule has 2 aromatic rings. The molecule has 0 N–H and O–H groups in total. The van der Waals surface area contributed by atoms with Gasteiger partial charge in [0.2, 0.25) is 0 Å². The summed E-state index contributed by atoms with van der Waals surface area (Å²) in [5.41, 5.74) is 0. The number of hydrogen-bond acceptors (Lipinski definition) is 2. The third kappa shape index (κ3) is 4.34. The molecule has 1 nitrogen and oxygen atoms in total. The topological polar surface area (TPSA) is 9.23 Å². The zero-order valence-corrected chi connectivity index (χ0v) is 12.9. The fraction of sp³-hybridized carbons (Fsp3) is 0.200. The van der Waals surface area contributed by atoms with E-state index >= 15 is 0 Å². The maximum atomic E-state index is 6.16. The Hall–Kier alpha value is -0.830. The SMILES string of the molecule is CCCSc1cc(Oc2ccc(Cl)cc2)ccc1Cl. The van der Waals surface area contributed by atoms with Gasteiger partial charge in [0.15, 0.2) is 0 Å². The van der Waals surface area contributed by atoms with E-state index in [0.717, 1.165) is 33.6 Å². The summed E-state index contributed by atoms with van der Waals surface area (Å²) in [6.45, 7) is 2.15. The summed E-state index contributed by atoms with van der Waals surface area (Å²) in [5.74, 6) is 2.59. The normalized spacial score (nSPS) is 10.5. The van der Waals surface area contributed by atoms with Crippen molar-refractivity contribution in [2.45, 2.75) is 18.2 Å². The highest BCUT2D eigenvalue weighted by Crippen LogP contribution is 2.33. The Morgan fingerprint density at radius 2 is 1.68 bits per heavy atom. The molecular weight excluding hydrogens is 299 g/mol. The molecule has 0 saturated carbocycles. The van der Waals surface area contributed by atoms with E-state index in [-0.39, 0.29) is 0 Å². The van der Waals surface area contributed by atoms with Crippen molar-refractivity contribution < 1.29 is 4.74 Å². The van der Waals surface area contributed by atoms with E-state index in [9.17, 15) is 0 Å². The van der Waals surface area contributed by atoms with Crippen LogP contribution in [-0.4, -0.2) is 5.75 Å². The molecule has 0 heterocycles. The summed E-state index contributed by atoms with van der Waals surface area (Å²) >= 11 is 13.7. The van der Waals surface area contributed by atoms with Crippen molar-refractivity contribution in [3.8, 4) is 11.5 Å². The molecule has 2 rings (SSSR count). The predicted molar refractivity (Wildman–Crippen MR) is 84.0 cm³/mol. The number of halogens is 2. The van der Waals surface area contributed by atoms with Crippen molar-refractivity contribution in [3.05, 3.63) is 52.5 Å². The first kappa shape index (κ1) is 14.6. The molecule has 19 heavy (non-hydrogen) atoms. The number of thioether (sulfide) groups is 1. The van der Waals surface area contributed by atoms with Crippen LogP contribution < -0.4 is 4.74 Å². The molecule has 0 fully saturated rings. The van der Waals surface area contributed by atoms with Crippen molar-refractivity contribution in [1.29, 1.82) is 0 Å². The highest BCUT2D eigenvalue weighted by Gasteiger charge is 2.04. The zero-order valence-electron chi connectivity index (χ0n) is 10.5. The van der Waals surface area contributed by atoms with Gasteiger partial charge in [-0.2, -0.15) is 0 Å². The summed E-state index contributed by atoms with van der Waals surface area (Å²) in [4.78, 5) is 1.05. The van der Waals surface area contributed by atoms with Crippen LogP contribution in [0.15, 0.2) is 47.4 Å². The van der Waals surface area contributed by atoms with Gasteiger partial charge in [0.05, 0.1) is 5.02 Å². The molecule has 0 aliphatic heterocycles. The van der Waals surface area contributed by atoms with Crippen molar-refractivity contribution in [2.24, 2.45) is 0 Å². The van der Waals surface area contributed by atoms with Crippen LogP contribution in [0.25, 0.3) is 0 Å². The number of benzene rings is 2. The lowest BCUT2D eigenvalue weighted by Gasteiger charge is -2.09. The van der Waals surface area contributed by atoms with E-state index in [0.29, 0.717) is 5.02 Å². The smallest absolute Gasteiger partial charge is 0.128 e. The largest absolute Gasteiger partial charge is 0.457 e. The van der Waals surface area contributed by atoms with E-state index in [1.54, 1.807) is 23.9 Å². The summed E-state index contributed by atoms with van der Waals surface area (Å²) in [7, 11) is 0. The second kappa shape index (κ2) is 7.09. The van der Waals surface area contributed by atoms with Crippen LogP contribution in [0.5, 0.6) is 11.5 Å². The van der Waals surface area contributed by atoms with Crippen molar-refractivity contribution in [1.82, 2.24) is 0 Å². The molecule has 100 valence electrons.